The largest absolute Gasteiger partial charge is 0.312 e. The second kappa shape index (κ2) is 7.45. The van der Waals surface area contributed by atoms with Crippen LogP contribution in [-0.4, -0.2) is 36.3 Å². The maximum atomic E-state index is 13.0. The average Bonchev–Trinajstić information content (AvgIpc) is 2.13. The van der Waals surface area contributed by atoms with E-state index in [2.05, 4.69) is 21.7 Å². The molecule has 0 bridgehead atoms. The molecule has 0 aliphatic carbocycles. The van der Waals surface area contributed by atoms with Crippen LogP contribution in [0, 0.1) is 24.2 Å². The SMILES string of the molecule is CN(C)C.Cc1cc(C#C[Si])c(F)cc1Cl. The number of hydrogen-bond acceptors (Lipinski definition) is 1. The van der Waals surface area contributed by atoms with E-state index in [1.165, 1.54) is 6.07 Å². The summed E-state index contributed by atoms with van der Waals surface area (Å²) >= 11 is 5.69. The minimum atomic E-state index is -0.392. The van der Waals surface area contributed by atoms with Crippen molar-refractivity contribution >= 4 is 21.8 Å². The summed E-state index contributed by atoms with van der Waals surface area (Å²) in [6, 6.07) is 2.88. The van der Waals surface area contributed by atoms with E-state index in [4.69, 9.17) is 11.6 Å². The lowest BCUT2D eigenvalue weighted by molar-refractivity contribution is 0.505. The summed E-state index contributed by atoms with van der Waals surface area (Å²) in [7, 11) is 8.95. The van der Waals surface area contributed by atoms with Gasteiger partial charge in [-0.2, -0.15) is 0 Å². The standard InChI is InChI=1S/C9H5ClFSi.C3H9N/c1-6-4-7(2-3-12)9(11)5-8(6)10;1-4(2)3/h4-5H,1H3;1-3H3. The zero-order chi connectivity index (χ0) is 12.7. The first kappa shape index (κ1) is 15.2. The first-order valence-electron chi connectivity index (χ1n) is 4.62. The smallest absolute Gasteiger partial charge is 0.147 e. The first-order chi connectivity index (χ1) is 7.38. The highest BCUT2D eigenvalue weighted by molar-refractivity contribution is 6.31. The molecule has 1 aromatic rings. The Morgan fingerprint density at radius 3 is 2.25 bits per heavy atom. The van der Waals surface area contributed by atoms with Crippen molar-refractivity contribution in [1.29, 1.82) is 0 Å². The van der Waals surface area contributed by atoms with Crippen LogP contribution in [0.5, 0.6) is 0 Å². The van der Waals surface area contributed by atoms with Crippen molar-refractivity contribution in [2.75, 3.05) is 21.1 Å². The van der Waals surface area contributed by atoms with Gasteiger partial charge in [-0.15, -0.1) is 5.54 Å². The van der Waals surface area contributed by atoms with Gasteiger partial charge in [0.1, 0.15) is 16.1 Å². The van der Waals surface area contributed by atoms with Gasteiger partial charge in [-0.1, -0.05) is 17.5 Å². The highest BCUT2D eigenvalue weighted by atomic mass is 35.5. The predicted molar refractivity (Wildman–Crippen MR) is 68.4 cm³/mol. The van der Waals surface area contributed by atoms with E-state index in [0.29, 0.717) is 10.6 Å². The molecular formula is C12H14ClFNSi. The molecule has 0 aliphatic heterocycles. The molecule has 1 nitrogen and oxygen atoms in total. The Bertz CT molecular complexity index is 405. The molecule has 16 heavy (non-hydrogen) atoms. The Kier molecular flexibility index (Phi) is 7.07. The molecule has 0 N–H and O–H groups in total. The van der Waals surface area contributed by atoms with Gasteiger partial charge in [-0.25, -0.2) is 4.39 Å². The molecule has 0 amide bonds. The molecule has 0 saturated heterocycles. The Hall–Kier alpha value is -0.823. The minimum absolute atomic E-state index is 0.354. The van der Waals surface area contributed by atoms with E-state index in [1.54, 1.807) is 13.0 Å². The molecule has 85 valence electrons. The molecule has 3 radical (unpaired) electrons. The molecule has 0 atom stereocenters. The van der Waals surface area contributed by atoms with Gasteiger partial charge >= 0.3 is 0 Å². The van der Waals surface area contributed by atoms with Crippen LogP contribution < -0.4 is 0 Å². The number of hydrogen-bond donors (Lipinski definition) is 0. The van der Waals surface area contributed by atoms with Gasteiger partial charge in [0.2, 0.25) is 0 Å². The third kappa shape index (κ3) is 5.91. The quantitative estimate of drug-likeness (QED) is 0.508. The molecule has 0 saturated carbocycles. The predicted octanol–water partition coefficient (Wildman–Crippen LogP) is 2.44. The summed E-state index contributed by atoms with van der Waals surface area (Å²) in [6.45, 7) is 1.81. The second-order valence-corrected chi connectivity index (χ2v) is 4.33. The van der Waals surface area contributed by atoms with Crippen molar-refractivity contribution in [2.24, 2.45) is 0 Å². The zero-order valence-corrected chi connectivity index (χ0v) is 11.6. The fraction of sp³-hybridized carbons (Fsp3) is 0.333. The van der Waals surface area contributed by atoms with Gasteiger partial charge in [0.05, 0.1) is 5.56 Å². The van der Waals surface area contributed by atoms with Gasteiger partial charge < -0.3 is 4.90 Å². The molecule has 0 fully saturated rings. The van der Waals surface area contributed by atoms with Crippen molar-refractivity contribution in [3.8, 4) is 11.5 Å². The van der Waals surface area contributed by atoms with Crippen molar-refractivity contribution in [3.63, 3.8) is 0 Å². The lowest BCUT2D eigenvalue weighted by atomic mass is 10.1. The third-order valence-corrected chi connectivity index (χ3v) is 1.98. The fourth-order valence-corrected chi connectivity index (χ4v) is 1.11. The Morgan fingerprint density at radius 2 is 1.81 bits per heavy atom. The lowest BCUT2D eigenvalue weighted by Gasteiger charge is -1.99. The number of aryl methyl sites for hydroxylation is 1. The molecule has 0 aliphatic rings. The highest BCUT2D eigenvalue weighted by Crippen LogP contribution is 2.18. The van der Waals surface area contributed by atoms with E-state index in [0.717, 1.165) is 5.56 Å². The van der Waals surface area contributed by atoms with E-state index in [-0.39, 0.29) is 0 Å². The van der Waals surface area contributed by atoms with Crippen molar-refractivity contribution in [3.05, 3.63) is 34.1 Å². The van der Waals surface area contributed by atoms with Crippen molar-refractivity contribution < 1.29 is 4.39 Å². The van der Waals surface area contributed by atoms with E-state index in [9.17, 15) is 4.39 Å². The Labute approximate surface area is 105 Å². The van der Waals surface area contributed by atoms with Gasteiger partial charge in [0, 0.05) is 5.02 Å². The lowest BCUT2D eigenvalue weighted by Crippen LogP contribution is -1.99. The Morgan fingerprint density at radius 1 is 1.31 bits per heavy atom. The van der Waals surface area contributed by atoms with Crippen LogP contribution in [0.15, 0.2) is 12.1 Å². The van der Waals surface area contributed by atoms with Crippen LogP contribution in [0.25, 0.3) is 0 Å². The molecular weight excluding hydrogens is 241 g/mol. The highest BCUT2D eigenvalue weighted by Gasteiger charge is 2.02. The number of rotatable bonds is 0. The van der Waals surface area contributed by atoms with Gasteiger partial charge in [0.15, 0.2) is 0 Å². The first-order valence-corrected chi connectivity index (χ1v) is 5.50. The van der Waals surface area contributed by atoms with Gasteiger partial charge in [0.25, 0.3) is 0 Å². The monoisotopic (exact) mass is 254 g/mol. The summed E-state index contributed by atoms with van der Waals surface area (Å²) in [5.41, 5.74) is 3.62. The van der Waals surface area contributed by atoms with Crippen LogP contribution in [0.3, 0.4) is 0 Å². The van der Waals surface area contributed by atoms with Crippen molar-refractivity contribution in [2.45, 2.75) is 6.92 Å². The summed E-state index contributed by atoms with van der Waals surface area (Å²) in [6.07, 6.45) is 0. The van der Waals surface area contributed by atoms with E-state index < -0.39 is 5.82 Å². The summed E-state index contributed by atoms with van der Waals surface area (Å²) in [5, 5.41) is 0.423. The minimum Gasteiger partial charge on any atom is -0.312 e. The fourth-order valence-electron chi connectivity index (χ4n) is 0.820. The van der Waals surface area contributed by atoms with Crippen LogP contribution in [0.2, 0.25) is 5.02 Å². The van der Waals surface area contributed by atoms with Gasteiger partial charge in [-0.05, 0) is 45.8 Å². The third-order valence-electron chi connectivity index (χ3n) is 1.45. The molecule has 4 heteroatoms. The summed E-state index contributed by atoms with van der Waals surface area (Å²) in [4.78, 5) is 2.00. The van der Waals surface area contributed by atoms with Crippen LogP contribution >= 0.6 is 11.6 Å². The van der Waals surface area contributed by atoms with Crippen molar-refractivity contribution in [1.82, 2.24) is 4.90 Å². The molecule has 0 unspecified atom stereocenters. The van der Waals surface area contributed by atoms with Crippen LogP contribution in [0.4, 0.5) is 4.39 Å². The maximum absolute atomic E-state index is 13.0. The normalized spacial score (nSPS) is 9.00. The Balaban J connectivity index is 0.000000487. The average molecular weight is 255 g/mol. The number of halogens is 2. The molecule has 0 heterocycles. The maximum Gasteiger partial charge on any atom is 0.147 e. The topological polar surface area (TPSA) is 3.24 Å². The van der Waals surface area contributed by atoms with Gasteiger partial charge in [-0.3, -0.25) is 0 Å². The summed E-state index contributed by atoms with van der Waals surface area (Å²) < 4.78 is 13.0. The second-order valence-electron chi connectivity index (χ2n) is 3.67. The van der Waals surface area contributed by atoms with Crippen LogP contribution in [-0.2, 0) is 0 Å². The molecule has 0 aromatic heterocycles. The summed E-state index contributed by atoms with van der Waals surface area (Å²) in [5.74, 6) is 2.18. The molecule has 1 aromatic carbocycles. The van der Waals surface area contributed by atoms with E-state index in [1.807, 2.05) is 26.0 Å². The number of nitrogens with zero attached hydrogens (tertiary/aromatic N) is 1. The molecule has 1 rings (SSSR count). The number of benzene rings is 1. The van der Waals surface area contributed by atoms with E-state index >= 15 is 0 Å². The molecule has 0 spiro atoms. The zero-order valence-electron chi connectivity index (χ0n) is 9.86. The van der Waals surface area contributed by atoms with Crippen LogP contribution in [0.1, 0.15) is 11.1 Å².